The number of nitrogens with zero attached hydrogens (tertiary/aromatic N) is 2. The van der Waals surface area contributed by atoms with Gasteiger partial charge in [0.2, 0.25) is 0 Å². The summed E-state index contributed by atoms with van der Waals surface area (Å²) >= 11 is 0. The number of aromatic nitrogens is 2. The number of hydrogen-bond donors (Lipinski definition) is 0. The van der Waals surface area contributed by atoms with E-state index in [2.05, 4.69) is 41.2 Å². The molecule has 0 bridgehead atoms. The third-order valence-electron chi connectivity index (χ3n) is 4.80. The molecule has 3 aromatic rings. The Kier molecular flexibility index (Phi) is 4.22. The zero-order chi connectivity index (χ0) is 18.1. The van der Waals surface area contributed by atoms with Gasteiger partial charge in [0, 0.05) is 10.9 Å². The van der Waals surface area contributed by atoms with Gasteiger partial charge in [-0.1, -0.05) is 30.2 Å². The molecule has 0 unspecified atom stereocenters. The Morgan fingerprint density at radius 2 is 2.15 bits per heavy atom. The predicted molar refractivity (Wildman–Crippen MR) is 101 cm³/mol. The van der Waals surface area contributed by atoms with E-state index in [0.717, 1.165) is 16.5 Å². The molecule has 26 heavy (non-hydrogen) atoms. The molecule has 0 radical (unpaired) electrons. The summed E-state index contributed by atoms with van der Waals surface area (Å²) in [6.45, 7) is 2.41. The van der Waals surface area contributed by atoms with E-state index in [4.69, 9.17) is 4.74 Å². The molecule has 1 fully saturated rings. The number of fused-ring (bicyclic) bond motifs is 1. The van der Waals surface area contributed by atoms with E-state index in [1.165, 1.54) is 31.1 Å². The predicted octanol–water partition coefficient (Wildman–Crippen LogP) is 4.12. The summed E-state index contributed by atoms with van der Waals surface area (Å²) in [5.41, 5.74) is 4.73. The quantitative estimate of drug-likeness (QED) is 0.528. The number of methoxy groups -OCH3 is 1. The number of benzene rings is 2. The first-order valence-corrected chi connectivity index (χ1v) is 8.79. The van der Waals surface area contributed by atoms with Crippen LogP contribution in [-0.4, -0.2) is 22.9 Å². The third kappa shape index (κ3) is 2.97. The smallest absolute Gasteiger partial charge is 0.340 e. The summed E-state index contributed by atoms with van der Waals surface area (Å²) in [5.74, 6) is 6.36. The van der Waals surface area contributed by atoms with Crippen LogP contribution >= 0.6 is 0 Å². The van der Waals surface area contributed by atoms with Crippen LogP contribution in [0.2, 0.25) is 0 Å². The molecule has 4 nitrogen and oxygen atoms in total. The van der Waals surface area contributed by atoms with Crippen LogP contribution in [0.3, 0.4) is 0 Å². The maximum absolute atomic E-state index is 12.3. The van der Waals surface area contributed by atoms with E-state index in [9.17, 15) is 4.79 Å². The van der Waals surface area contributed by atoms with Gasteiger partial charge in [0.15, 0.2) is 0 Å². The van der Waals surface area contributed by atoms with Gasteiger partial charge in [-0.25, -0.2) is 4.79 Å². The molecular weight excluding hydrogens is 324 g/mol. The van der Waals surface area contributed by atoms with Crippen molar-refractivity contribution >= 4 is 16.9 Å². The molecule has 0 aliphatic heterocycles. The molecule has 130 valence electrons. The highest BCUT2D eigenvalue weighted by Crippen LogP contribution is 2.40. The fourth-order valence-corrected chi connectivity index (χ4v) is 3.38. The van der Waals surface area contributed by atoms with Gasteiger partial charge in [-0.05, 0) is 48.9 Å². The molecule has 0 atom stereocenters. The second-order valence-electron chi connectivity index (χ2n) is 6.61. The number of carbonyl (C=O) groups excluding carboxylic acids is 1. The van der Waals surface area contributed by atoms with Crippen LogP contribution < -0.4 is 0 Å². The van der Waals surface area contributed by atoms with Gasteiger partial charge >= 0.3 is 5.97 Å². The summed E-state index contributed by atoms with van der Waals surface area (Å²) in [5, 5.41) is 5.42. The molecule has 1 saturated carbocycles. The molecule has 0 amide bonds. The minimum atomic E-state index is -0.362. The van der Waals surface area contributed by atoms with Crippen molar-refractivity contribution in [2.24, 2.45) is 0 Å². The minimum absolute atomic E-state index is 0.362. The van der Waals surface area contributed by atoms with Gasteiger partial charge in [0.1, 0.15) is 0 Å². The Hall–Kier alpha value is -3.06. The van der Waals surface area contributed by atoms with Crippen molar-refractivity contribution in [2.75, 3.05) is 7.11 Å². The third-order valence-corrected chi connectivity index (χ3v) is 4.80. The number of carbonyl (C=O) groups is 1. The number of hydrogen-bond acceptors (Lipinski definition) is 3. The van der Waals surface area contributed by atoms with Crippen molar-refractivity contribution in [3.8, 4) is 11.8 Å². The van der Waals surface area contributed by atoms with Crippen molar-refractivity contribution < 1.29 is 9.53 Å². The van der Waals surface area contributed by atoms with Crippen LogP contribution in [0.5, 0.6) is 0 Å². The molecule has 0 spiro atoms. The summed E-state index contributed by atoms with van der Waals surface area (Å²) in [7, 11) is 1.40. The minimum Gasteiger partial charge on any atom is -0.465 e. The highest BCUT2D eigenvalue weighted by molar-refractivity contribution is 6.04. The summed E-state index contributed by atoms with van der Waals surface area (Å²) in [4.78, 5) is 12.3. The monoisotopic (exact) mass is 344 g/mol. The van der Waals surface area contributed by atoms with Gasteiger partial charge in [-0.15, -0.1) is 5.92 Å². The van der Waals surface area contributed by atoms with Crippen LogP contribution in [0.15, 0.2) is 42.6 Å². The van der Waals surface area contributed by atoms with Gasteiger partial charge in [-0.3, -0.25) is 4.68 Å². The first kappa shape index (κ1) is 16.4. The molecule has 0 N–H and O–H groups in total. The first-order valence-electron chi connectivity index (χ1n) is 8.79. The van der Waals surface area contributed by atoms with Crippen molar-refractivity contribution in [3.05, 3.63) is 64.8 Å². The summed E-state index contributed by atoms with van der Waals surface area (Å²) in [6.07, 6.45) is 4.34. The van der Waals surface area contributed by atoms with E-state index in [1.807, 2.05) is 10.7 Å². The second-order valence-corrected chi connectivity index (χ2v) is 6.61. The molecule has 1 aromatic heterocycles. The topological polar surface area (TPSA) is 44.1 Å². The molecule has 1 aliphatic rings. The van der Waals surface area contributed by atoms with Gasteiger partial charge in [-0.2, -0.15) is 5.10 Å². The number of rotatable bonds is 4. The molecule has 0 saturated heterocycles. The highest BCUT2D eigenvalue weighted by atomic mass is 16.5. The Balaban J connectivity index is 1.81. The van der Waals surface area contributed by atoms with Crippen molar-refractivity contribution in [1.82, 2.24) is 9.78 Å². The van der Waals surface area contributed by atoms with E-state index < -0.39 is 0 Å². The molecule has 4 heteroatoms. The SMILES string of the molecule is CC#Cc1ccc(C(=O)OC)c2c1cnn2Cc1cccc(C2CC2)c1. The molecular formula is C22H20N2O2. The van der Waals surface area contributed by atoms with Gasteiger partial charge < -0.3 is 4.74 Å². The first-order chi connectivity index (χ1) is 12.7. The normalized spacial score (nSPS) is 13.3. The molecule has 2 aromatic carbocycles. The van der Waals surface area contributed by atoms with E-state index in [1.54, 1.807) is 19.2 Å². The summed E-state index contributed by atoms with van der Waals surface area (Å²) in [6, 6.07) is 12.3. The van der Waals surface area contributed by atoms with Crippen molar-refractivity contribution in [1.29, 1.82) is 0 Å². The van der Waals surface area contributed by atoms with Crippen LogP contribution in [0.4, 0.5) is 0 Å². The lowest BCUT2D eigenvalue weighted by Crippen LogP contribution is -2.08. The van der Waals surface area contributed by atoms with Crippen LogP contribution in [0.1, 0.15) is 52.7 Å². The van der Waals surface area contributed by atoms with Crippen LogP contribution in [0.25, 0.3) is 10.9 Å². The average Bonchev–Trinajstić information content (AvgIpc) is 3.44. The molecule has 1 heterocycles. The van der Waals surface area contributed by atoms with Crippen molar-refractivity contribution in [3.63, 3.8) is 0 Å². The van der Waals surface area contributed by atoms with Crippen LogP contribution in [0, 0.1) is 11.8 Å². The standard InChI is InChI=1S/C22H20N2O2/c1-3-5-17-10-11-19(22(25)26-2)21-20(17)13-23-24(21)14-15-6-4-7-18(12-15)16-8-9-16/h4,6-7,10-13,16H,8-9,14H2,1-2H3. The second kappa shape index (κ2) is 6.68. The lowest BCUT2D eigenvalue weighted by molar-refractivity contribution is 0.0602. The lowest BCUT2D eigenvalue weighted by atomic mass is 10.0. The molecule has 4 rings (SSSR count). The Morgan fingerprint density at radius 1 is 1.31 bits per heavy atom. The fraction of sp³-hybridized carbons (Fsp3) is 0.273. The van der Waals surface area contributed by atoms with Gasteiger partial charge in [0.25, 0.3) is 0 Å². The van der Waals surface area contributed by atoms with E-state index in [-0.39, 0.29) is 5.97 Å². The Labute approximate surface area is 152 Å². The Morgan fingerprint density at radius 3 is 2.88 bits per heavy atom. The van der Waals surface area contributed by atoms with Gasteiger partial charge in [0.05, 0.1) is 30.9 Å². The zero-order valence-electron chi connectivity index (χ0n) is 15.0. The Bertz CT molecular complexity index is 1050. The zero-order valence-corrected chi connectivity index (χ0v) is 15.0. The number of ether oxygens (including phenoxy) is 1. The summed E-state index contributed by atoms with van der Waals surface area (Å²) < 4.78 is 6.83. The number of esters is 1. The van der Waals surface area contributed by atoms with Crippen LogP contribution in [-0.2, 0) is 11.3 Å². The van der Waals surface area contributed by atoms with Crippen molar-refractivity contribution in [2.45, 2.75) is 32.2 Å². The largest absolute Gasteiger partial charge is 0.465 e. The maximum atomic E-state index is 12.3. The maximum Gasteiger partial charge on any atom is 0.340 e. The molecule has 1 aliphatic carbocycles. The van der Waals surface area contributed by atoms with E-state index >= 15 is 0 Å². The lowest BCUT2D eigenvalue weighted by Gasteiger charge is -2.09. The highest BCUT2D eigenvalue weighted by Gasteiger charge is 2.23. The fourth-order valence-electron chi connectivity index (χ4n) is 3.38. The van der Waals surface area contributed by atoms with E-state index in [0.29, 0.717) is 18.0 Å². The average molecular weight is 344 g/mol.